The molecule has 1 aromatic rings. The van der Waals surface area contributed by atoms with Crippen LogP contribution < -0.4 is 15.8 Å². The van der Waals surface area contributed by atoms with Gasteiger partial charge in [-0.15, -0.1) is 0 Å². The zero-order valence-corrected chi connectivity index (χ0v) is 11.5. The summed E-state index contributed by atoms with van der Waals surface area (Å²) in [7, 11) is 0. The molecule has 0 spiro atoms. The van der Waals surface area contributed by atoms with Gasteiger partial charge in [0.1, 0.15) is 5.75 Å². The largest absolute Gasteiger partial charge is 0.494 e. The molecular formula is C14H22N2O2. The maximum Gasteiger partial charge on any atom is 0.239 e. The Kier molecular flexibility index (Phi) is 4.73. The first-order valence-electron chi connectivity index (χ1n) is 6.14. The van der Waals surface area contributed by atoms with Crippen LogP contribution in [-0.4, -0.2) is 18.1 Å². The molecule has 0 bridgehead atoms. The van der Waals surface area contributed by atoms with Crippen LogP contribution in [0, 0.1) is 6.92 Å². The van der Waals surface area contributed by atoms with Gasteiger partial charge in [0.2, 0.25) is 5.91 Å². The summed E-state index contributed by atoms with van der Waals surface area (Å²) >= 11 is 0. The van der Waals surface area contributed by atoms with Gasteiger partial charge in [0.25, 0.3) is 0 Å². The molecule has 0 aliphatic heterocycles. The molecular weight excluding hydrogens is 228 g/mol. The molecule has 1 aromatic carbocycles. The molecule has 0 heterocycles. The van der Waals surface area contributed by atoms with Crippen molar-refractivity contribution in [2.24, 2.45) is 5.73 Å². The number of nitrogens with two attached hydrogens (primary N) is 1. The highest BCUT2D eigenvalue weighted by molar-refractivity contribution is 5.85. The van der Waals surface area contributed by atoms with E-state index in [0.717, 1.165) is 16.9 Å². The predicted molar refractivity (Wildman–Crippen MR) is 72.5 cm³/mol. The summed E-state index contributed by atoms with van der Waals surface area (Å²) in [4.78, 5) is 11.7. The van der Waals surface area contributed by atoms with E-state index in [1.807, 2.05) is 32.0 Å². The minimum absolute atomic E-state index is 0.175. The molecule has 0 unspecified atom stereocenters. The van der Waals surface area contributed by atoms with E-state index in [1.165, 1.54) is 0 Å². The number of ether oxygens (including phenoxy) is 1. The topological polar surface area (TPSA) is 64.3 Å². The first-order chi connectivity index (χ1) is 8.34. The number of carbonyl (C=O) groups is 1. The van der Waals surface area contributed by atoms with Crippen LogP contribution in [0.2, 0.25) is 0 Å². The Morgan fingerprint density at radius 1 is 1.44 bits per heavy atom. The highest BCUT2D eigenvalue weighted by Crippen LogP contribution is 2.20. The first kappa shape index (κ1) is 14.5. The van der Waals surface area contributed by atoms with Gasteiger partial charge in [-0.1, -0.05) is 12.1 Å². The summed E-state index contributed by atoms with van der Waals surface area (Å²) in [5.74, 6) is 0.637. The molecule has 0 aromatic heterocycles. The minimum atomic E-state index is -0.865. The molecule has 100 valence electrons. The van der Waals surface area contributed by atoms with Crippen LogP contribution in [0.25, 0.3) is 0 Å². The number of carbonyl (C=O) groups excluding carboxylic acids is 1. The third-order valence-electron chi connectivity index (χ3n) is 2.55. The Morgan fingerprint density at radius 2 is 2.11 bits per heavy atom. The third kappa shape index (κ3) is 4.04. The Hall–Kier alpha value is -1.55. The summed E-state index contributed by atoms with van der Waals surface area (Å²) in [6.07, 6.45) is 0. The number of amides is 1. The van der Waals surface area contributed by atoms with E-state index in [0.29, 0.717) is 13.2 Å². The van der Waals surface area contributed by atoms with E-state index in [1.54, 1.807) is 13.8 Å². The van der Waals surface area contributed by atoms with E-state index in [9.17, 15) is 4.79 Å². The first-order valence-corrected chi connectivity index (χ1v) is 6.14. The van der Waals surface area contributed by atoms with Crippen LogP contribution in [0.4, 0.5) is 0 Å². The SMILES string of the molecule is CCOc1cc(C)ccc1CNC(=O)C(C)(C)N. The zero-order valence-electron chi connectivity index (χ0n) is 11.5. The molecule has 3 N–H and O–H groups in total. The lowest BCUT2D eigenvalue weighted by Gasteiger charge is -2.18. The number of benzene rings is 1. The molecule has 4 heteroatoms. The molecule has 4 nitrogen and oxygen atoms in total. The zero-order chi connectivity index (χ0) is 13.8. The molecule has 0 radical (unpaired) electrons. The Bertz CT molecular complexity index is 422. The van der Waals surface area contributed by atoms with Gasteiger partial charge in [-0.3, -0.25) is 4.79 Å². The minimum Gasteiger partial charge on any atom is -0.494 e. The number of rotatable bonds is 5. The molecule has 0 fully saturated rings. The van der Waals surface area contributed by atoms with Crippen molar-refractivity contribution in [3.63, 3.8) is 0 Å². The molecule has 0 aliphatic rings. The lowest BCUT2D eigenvalue weighted by atomic mass is 10.1. The highest BCUT2D eigenvalue weighted by atomic mass is 16.5. The normalized spacial score (nSPS) is 11.2. The number of hydrogen-bond donors (Lipinski definition) is 2. The van der Waals surface area contributed by atoms with Crippen LogP contribution in [0.3, 0.4) is 0 Å². The summed E-state index contributed by atoms with van der Waals surface area (Å²) in [6.45, 7) is 8.34. The fourth-order valence-corrected chi connectivity index (χ4v) is 1.50. The highest BCUT2D eigenvalue weighted by Gasteiger charge is 2.21. The van der Waals surface area contributed by atoms with Crippen molar-refractivity contribution >= 4 is 5.91 Å². The van der Waals surface area contributed by atoms with E-state index in [4.69, 9.17) is 10.5 Å². The van der Waals surface area contributed by atoms with Gasteiger partial charge >= 0.3 is 0 Å². The standard InChI is InChI=1S/C14H22N2O2/c1-5-18-12-8-10(2)6-7-11(12)9-16-13(17)14(3,4)15/h6-8H,5,9,15H2,1-4H3,(H,16,17). The van der Waals surface area contributed by atoms with Gasteiger partial charge in [0.15, 0.2) is 0 Å². The van der Waals surface area contributed by atoms with Crippen LogP contribution in [0.15, 0.2) is 18.2 Å². The molecule has 0 saturated heterocycles. The number of hydrogen-bond acceptors (Lipinski definition) is 3. The van der Waals surface area contributed by atoms with Crippen molar-refractivity contribution in [1.29, 1.82) is 0 Å². The van der Waals surface area contributed by atoms with E-state index >= 15 is 0 Å². The summed E-state index contributed by atoms with van der Waals surface area (Å²) in [6, 6.07) is 5.93. The predicted octanol–water partition coefficient (Wildman–Crippen LogP) is 1.75. The Morgan fingerprint density at radius 3 is 2.67 bits per heavy atom. The number of nitrogens with one attached hydrogen (secondary N) is 1. The summed E-state index contributed by atoms with van der Waals surface area (Å²) in [5, 5.41) is 2.81. The van der Waals surface area contributed by atoms with E-state index in [2.05, 4.69) is 5.32 Å². The molecule has 1 amide bonds. The molecule has 0 atom stereocenters. The second kappa shape index (κ2) is 5.87. The lowest BCUT2D eigenvalue weighted by molar-refractivity contribution is -0.125. The number of aryl methyl sites for hydroxylation is 1. The van der Waals surface area contributed by atoms with Crippen LogP contribution >= 0.6 is 0 Å². The molecule has 0 saturated carbocycles. The van der Waals surface area contributed by atoms with E-state index < -0.39 is 5.54 Å². The van der Waals surface area contributed by atoms with Gasteiger partial charge in [0.05, 0.1) is 12.1 Å². The molecule has 18 heavy (non-hydrogen) atoms. The van der Waals surface area contributed by atoms with Crippen LogP contribution in [0.5, 0.6) is 5.75 Å². The van der Waals surface area contributed by atoms with Gasteiger partial charge < -0.3 is 15.8 Å². The lowest BCUT2D eigenvalue weighted by Crippen LogP contribution is -2.48. The summed E-state index contributed by atoms with van der Waals surface area (Å²) < 4.78 is 5.55. The quantitative estimate of drug-likeness (QED) is 0.836. The smallest absolute Gasteiger partial charge is 0.239 e. The van der Waals surface area contributed by atoms with Crippen molar-refractivity contribution in [2.45, 2.75) is 39.8 Å². The fraction of sp³-hybridized carbons (Fsp3) is 0.500. The van der Waals surface area contributed by atoms with Gasteiger partial charge in [-0.2, -0.15) is 0 Å². The van der Waals surface area contributed by atoms with E-state index in [-0.39, 0.29) is 5.91 Å². The maximum atomic E-state index is 11.7. The van der Waals surface area contributed by atoms with Gasteiger partial charge in [0, 0.05) is 12.1 Å². The average Bonchev–Trinajstić information content (AvgIpc) is 2.26. The Balaban J connectivity index is 2.75. The van der Waals surface area contributed by atoms with Gasteiger partial charge in [-0.05, 0) is 39.3 Å². The monoisotopic (exact) mass is 250 g/mol. The van der Waals surface area contributed by atoms with Crippen molar-refractivity contribution in [3.8, 4) is 5.75 Å². The van der Waals surface area contributed by atoms with Gasteiger partial charge in [-0.25, -0.2) is 0 Å². The second-order valence-corrected chi connectivity index (χ2v) is 4.95. The Labute approximate surface area is 109 Å². The van der Waals surface area contributed by atoms with Crippen LogP contribution in [0.1, 0.15) is 31.9 Å². The second-order valence-electron chi connectivity index (χ2n) is 4.95. The summed E-state index contributed by atoms with van der Waals surface area (Å²) in [5.41, 5.74) is 6.95. The molecule has 0 aliphatic carbocycles. The fourth-order valence-electron chi connectivity index (χ4n) is 1.50. The molecule has 1 rings (SSSR count). The maximum absolute atomic E-state index is 11.7. The van der Waals surface area contributed by atoms with Crippen molar-refractivity contribution < 1.29 is 9.53 Å². The van der Waals surface area contributed by atoms with Crippen molar-refractivity contribution in [1.82, 2.24) is 5.32 Å². The third-order valence-corrected chi connectivity index (χ3v) is 2.55. The van der Waals surface area contributed by atoms with Crippen molar-refractivity contribution in [2.75, 3.05) is 6.61 Å². The average molecular weight is 250 g/mol. The van der Waals surface area contributed by atoms with Crippen LogP contribution in [-0.2, 0) is 11.3 Å². The van der Waals surface area contributed by atoms with Crippen molar-refractivity contribution in [3.05, 3.63) is 29.3 Å².